The number of likely N-dealkylation sites (tertiary alicyclic amines) is 1. The summed E-state index contributed by atoms with van der Waals surface area (Å²) in [4.78, 5) is 2.83. The van der Waals surface area contributed by atoms with E-state index in [4.69, 9.17) is 0 Å². The summed E-state index contributed by atoms with van der Waals surface area (Å²) < 4.78 is 0. The van der Waals surface area contributed by atoms with Crippen LogP contribution in [-0.2, 0) is 0 Å². The summed E-state index contributed by atoms with van der Waals surface area (Å²) in [5.74, 6) is 1.04. The van der Waals surface area contributed by atoms with Gasteiger partial charge in [0, 0.05) is 12.1 Å². The number of unbranched alkanes of at least 4 members (excludes halogenated alkanes) is 1. The van der Waals surface area contributed by atoms with Gasteiger partial charge in [0.15, 0.2) is 0 Å². The molecule has 0 aromatic heterocycles. The molecule has 2 atom stereocenters. The van der Waals surface area contributed by atoms with Gasteiger partial charge in [-0.1, -0.05) is 26.2 Å². The molecule has 2 fully saturated rings. The molecular weight excluding hydrogens is 232 g/mol. The largest absolute Gasteiger partial charge is 0.315 e. The normalized spacial score (nSPS) is 27.2. The predicted molar refractivity (Wildman–Crippen MR) is 83.5 cm³/mol. The van der Waals surface area contributed by atoms with Crippen LogP contribution in [-0.4, -0.2) is 36.6 Å². The van der Waals surface area contributed by atoms with E-state index in [2.05, 4.69) is 24.1 Å². The van der Waals surface area contributed by atoms with Crippen molar-refractivity contribution in [1.82, 2.24) is 10.2 Å². The first-order chi connectivity index (χ1) is 9.31. The summed E-state index contributed by atoms with van der Waals surface area (Å²) in [5, 5.41) is 3.51. The lowest BCUT2D eigenvalue weighted by atomic mass is 9.96. The van der Waals surface area contributed by atoms with Crippen LogP contribution in [0.25, 0.3) is 0 Å². The van der Waals surface area contributed by atoms with E-state index < -0.39 is 0 Å². The molecule has 0 aromatic carbocycles. The van der Waals surface area contributed by atoms with Gasteiger partial charge in [-0.25, -0.2) is 0 Å². The number of nitrogens with one attached hydrogen (secondary N) is 1. The van der Waals surface area contributed by atoms with Gasteiger partial charge in [0.1, 0.15) is 0 Å². The molecule has 2 nitrogen and oxygen atoms in total. The fourth-order valence-corrected chi connectivity index (χ4v) is 4.22. The molecule has 1 heterocycles. The first-order valence-electron chi connectivity index (χ1n) is 8.78. The van der Waals surface area contributed by atoms with Gasteiger partial charge in [0.05, 0.1) is 0 Å². The molecule has 0 amide bonds. The summed E-state index contributed by atoms with van der Waals surface area (Å²) >= 11 is 0. The van der Waals surface area contributed by atoms with E-state index in [9.17, 15) is 0 Å². The summed E-state index contributed by atoms with van der Waals surface area (Å²) in [6.07, 6.45) is 13.1. The van der Waals surface area contributed by atoms with Crippen LogP contribution in [0.15, 0.2) is 0 Å². The minimum Gasteiger partial charge on any atom is -0.315 e. The van der Waals surface area contributed by atoms with E-state index in [0.717, 1.165) is 18.5 Å². The van der Waals surface area contributed by atoms with E-state index in [-0.39, 0.29) is 0 Å². The highest BCUT2D eigenvalue weighted by Gasteiger charge is 2.32. The average molecular weight is 266 g/mol. The van der Waals surface area contributed by atoms with E-state index in [0.29, 0.717) is 6.04 Å². The minimum absolute atomic E-state index is 0.703. The first-order valence-corrected chi connectivity index (χ1v) is 8.78. The van der Waals surface area contributed by atoms with Crippen LogP contribution in [0.3, 0.4) is 0 Å². The van der Waals surface area contributed by atoms with Crippen molar-refractivity contribution in [1.29, 1.82) is 0 Å². The van der Waals surface area contributed by atoms with Crippen LogP contribution in [0, 0.1) is 5.92 Å². The molecule has 2 heteroatoms. The maximum Gasteiger partial charge on any atom is 0.0124 e. The third kappa shape index (κ3) is 4.75. The Hall–Kier alpha value is -0.0800. The maximum absolute atomic E-state index is 3.51. The molecule has 1 saturated heterocycles. The van der Waals surface area contributed by atoms with Gasteiger partial charge in [-0.15, -0.1) is 0 Å². The molecule has 0 aromatic rings. The van der Waals surface area contributed by atoms with Gasteiger partial charge in [-0.05, 0) is 71.0 Å². The van der Waals surface area contributed by atoms with Gasteiger partial charge in [-0.3, -0.25) is 0 Å². The minimum atomic E-state index is 0.703. The van der Waals surface area contributed by atoms with Crippen LogP contribution in [0.4, 0.5) is 0 Å². The number of nitrogens with zero attached hydrogens (tertiary/aromatic N) is 1. The quantitative estimate of drug-likeness (QED) is 0.672. The van der Waals surface area contributed by atoms with Crippen molar-refractivity contribution in [2.45, 2.75) is 83.7 Å². The van der Waals surface area contributed by atoms with Crippen molar-refractivity contribution >= 4 is 0 Å². The number of hydrogen-bond donors (Lipinski definition) is 1. The fourth-order valence-electron chi connectivity index (χ4n) is 4.22. The van der Waals surface area contributed by atoms with Crippen LogP contribution in [0.2, 0.25) is 0 Å². The zero-order valence-corrected chi connectivity index (χ0v) is 13.2. The average Bonchev–Trinajstić information content (AvgIpc) is 3.05. The summed E-state index contributed by atoms with van der Waals surface area (Å²) in [6, 6.07) is 1.66. The molecular formula is C17H34N2. The molecule has 1 aliphatic carbocycles. The van der Waals surface area contributed by atoms with Crippen molar-refractivity contribution in [3.8, 4) is 0 Å². The van der Waals surface area contributed by atoms with Crippen molar-refractivity contribution in [3.05, 3.63) is 0 Å². The lowest BCUT2D eigenvalue weighted by molar-refractivity contribution is 0.186. The van der Waals surface area contributed by atoms with Gasteiger partial charge in [0.2, 0.25) is 0 Å². The second kappa shape index (κ2) is 8.26. The molecule has 19 heavy (non-hydrogen) atoms. The Kier molecular flexibility index (Phi) is 6.66. The standard InChI is InChI=1S/C17H34N2/c1-3-18-15(2)9-6-7-13-19-14-8-12-17(19)16-10-4-5-11-16/h15-18H,3-14H2,1-2H3. The molecule has 1 N–H and O–H groups in total. The predicted octanol–water partition coefficient (Wildman–Crippen LogP) is 3.81. The van der Waals surface area contributed by atoms with Gasteiger partial charge in [0.25, 0.3) is 0 Å². The zero-order valence-electron chi connectivity index (χ0n) is 13.2. The molecule has 2 unspecified atom stereocenters. The Morgan fingerprint density at radius 1 is 1.11 bits per heavy atom. The SMILES string of the molecule is CCNC(C)CCCCN1CCCC1C1CCCC1. The highest BCUT2D eigenvalue weighted by Crippen LogP contribution is 2.35. The number of rotatable bonds is 8. The molecule has 2 rings (SSSR count). The highest BCUT2D eigenvalue weighted by molar-refractivity contribution is 4.87. The molecule has 112 valence electrons. The first kappa shape index (κ1) is 15.3. The van der Waals surface area contributed by atoms with Crippen molar-refractivity contribution in [2.75, 3.05) is 19.6 Å². The van der Waals surface area contributed by atoms with Crippen LogP contribution >= 0.6 is 0 Å². The van der Waals surface area contributed by atoms with E-state index in [1.54, 1.807) is 0 Å². The van der Waals surface area contributed by atoms with Crippen molar-refractivity contribution in [2.24, 2.45) is 5.92 Å². The zero-order chi connectivity index (χ0) is 13.5. The summed E-state index contributed by atoms with van der Waals surface area (Å²) in [6.45, 7) is 8.37. The molecule has 0 bridgehead atoms. The van der Waals surface area contributed by atoms with Gasteiger partial charge < -0.3 is 10.2 Å². The van der Waals surface area contributed by atoms with Crippen molar-refractivity contribution < 1.29 is 0 Å². The van der Waals surface area contributed by atoms with Crippen LogP contribution in [0.5, 0.6) is 0 Å². The third-order valence-corrected chi connectivity index (χ3v) is 5.24. The molecule has 1 aliphatic heterocycles. The number of hydrogen-bond acceptors (Lipinski definition) is 2. The summed E-state index contributed by atoms with van der Waals surface area (Å²) in [7, 11) is 0. The summed E-state index contributed by atoms with van der Waals surface area (Å²) in [5.41, 5.74) is 0. The molecule has 2 aliphatic rings. The molecule has 0 radical (unpaired) electrons. The van der Waals surface area contributed by atoms with Gasteiger partial charge >= 0.3 is 0 Å². The highest BCUT2D eigenvalue weighted by atomic mass is 15.2. The molecule has 0 spiro atoms. The lowest BCUT2D eigenvalue weighted by Gasteiger charge is -2.29. The van der Waals surface area contributed by atoms with Crippen LogP contribution in [0.1, 0.15) is 71.6 Å². The van der Waals surface area contributed by atoms with E-state index in [1.165, 1.54) is 70.9 Å². The van der Waals surface area contributed by atoms with E-state index in [1.807, 2.05) is 0 Å². The van der Waals surface area contributed by atoms with Crippen molar-refractivity contribution in [3.63, 3.8) is 0 Å². The second-order valence-corrected chi connectivity index (χ2v) is 6.74. The Morgan fingerprint density at radius 3 is 2.63 bits per heavy atom. The maximum atomic E-state index is 3.51. The van der Waals surface area contributed by atoms with Crippen LogP contribution < -0.4 is 5.32 Å². The Balaban J connectivity index is 1.61. The topological polar surface area (TPSA) is 15.3 Å². The monoisotopic (exact) mass is 266 g/mol. The van der Waals surface area contributed by atoms with Gasteiger partial charge in [-0.2, -0.15) is 0 Å². The smallest absolute Gasteiger partial charge is 0.0124 e. The lowest BCUT2D eigenvalue weighted by Crippen LogP contribution is -2.35. The Morgan fingerprint density at radius 2 is 1.89 bits per heavy atom. The third-order valence-electron chi connectivity index (χ3n) is 5.24. The van der Waals surface area contributed by atoms with E-state index >= 15 is 0 Å². The fraction of sp³-hybridized carbons (Fsp3) is 1.00. The Labute approximate surface area is 120 Å². The second-order valence-electron chi connectivity index (χ2n) is 6.74. The molecule has 1 saturated carbocycles. The Bertz CT molecular complexity index is 235.